The molecule has 104 valence electrons. The predicted molar refractivity (Wildman–Crippen MR) is 74.2 cm³/mol. The Morgan fingerprint density at radius 2 is 2.00 bits per heavy atom. The molecular weight excluding hydrogens is 240 g/mol. The van der Waals surface area contributed by atoms with Crippen molar-refractivity contribution in [2.45, 2.75) is 38.8 Å². The first-order valence-electron chi connectivity index (χ1n) is 6.87. The number of rotatable bonds is 5. The molecule has 1 aliphatic rings. The lowest BCUT2D eigenvalue weighted by molar-refractivity contribution is -0.130. The van der Waals surface area contributed by atoms with E-state index in [9.17, 15) is 4.79 Å². The van der Waals surface area contributed by atoms with Crippen molar-refractivity contribution in [1.82, 2.24) is 5.32 Å². The van der Waals surface area contributed by atoms with Gasteiger partial charge in [-0.2, -0.15) is 0 Å². The van der Waals surface area contributed by atoms with Gasteiger partial charge in [-0.15, -0.1) is 0 Å². The molecule has 4 nitrogen and oxygen atoms in total. The topological polar surface area (TPSA) is 75.4 Å². The molecule has 0 aromatic heterocycles. The molecule has 0 unspecified atom stereocenters. The maximum Gasteiger partial charge on any atom is 0.227 e. The average Bonchev–Trinajstić information content (AvgIpc) is 2.95. The largest absolute Gasteiger partial charge is 0.392 e. The molecule has 4 heteroatoms. The van der Waals surface area contributed by atoms with E-state index in [1.807, 2.05) is 24.3 Å². The maximum atomic E-state index is 12.3. The summed E-state index contributed by atoms with van der Waals surface area (Å²) in [5.74, 6) is 0.0712. The first-order chi connectivity index (χ1) is 9.20. The maximum absolute atomic E-state index is 12.3. The second-order valence-corrected chi connectivity index (χ2v) is 5.35. The van der Waals surface area contributed by atoms with E-state index in [4.69, 9.17) is 10.8 Å². The van der Waals surface area contributed by atoms with Gasteiger partial charge in [0.25, 0.3) is 0 Å². The van der Waals surface area contributed by atoms with Crippen LogP contribution in [0.5, 0.6) is 0 Å². The number of nitrogens with one attached hydrogen (secondary N) is 1. The summed E-state index contributed by atoms with van der Waals surface area (Å²) in [4.78, 5) is 12.3. The summed E-state index contributed by atoms with van der Waals surface area (Å²) >= 11 is 0. The highest BCUT2D eigenvalue weighted by Gasteiger charge is 2.39. The highest BCUT2D eigenvalue weighted by atomic mass is 16.3. The molecule has 1 aromatic carbocycles. The van der Waals surface area contributed by atoms with Gasteiger partial charge in [0.15, 0.2) is 0 Å². The Hall–Kier alpha value is -1.39. The van der Waals surface area contributed by atoms with Crippen LogP contribution in [-0.2, 0) is 17.9 Å². The normalized spacial score (nSPS) is 17.4. The first kappa shape index (κ1) is 14.0. The molecule has 0 radical (unpaired) electrons. The van der Waals surface area contributed by atoms with Gasteiger partial charge in [0.1, 0.15) is 0 Å². The summed E-state index contributed by atoms with van der Waals surface area (Å²) in [7, 11) is 0. The van der Waals surface area contributed by atoms with Crippen LogP contribution in [0.15, 0.2) is 24.3 Å². The van der Waals surface area contributed by atoms with Crippen molar-refractivity contribution in [2.75, 3.05) is 6.54 Å². The zero-order valence-corrected chi connectivity index (χ0v) is 11.2. The quantitative estimate of drug-likeness (QED) is 0.749. The number of carbonyl (C=O) groups excluding carboxylic acids is 1. The van der Waals surface area contributed by atoms with E-state index in [1.165, 1.54) is 0 Å². The number of amides is 1. The molecule has 19 heavy (non-hydrogen) atoms. The number of aliphatic hydroxyl groups is 1. The molecule has 0 heterocycles. The standard InChI is InChI=1S/C15H22N2O2/c16-11-15(6-1-2-7-15)14(19)17-9-12-4-3-5-13(8-12)10-18/h3-5,8,18H,1-2,6-7,9-11,16H2,(H,17,19). The van der Waals surface area contributed by atoms with Crippen molar-refractivity contribution in [1.29, 1.82) is 0 Å². The van der Waals surface area contributed by atoms with E-state index >= 15 is 0 Å². The number of hydrogen-bond acceptors (Lipinski definition) is 3. The van der Waals surface area contributed by atoms with Crippen molar-refractivity contribution in [3.63, 3.8) is 0 Å². The molecule has 2 rings (SSSR count). The fourth-order valence-electron chi connectivity index (χ4n) is 2.78. The molecule has 1 fully saturated rings. The number of carbonyl (C=O) groups is 1. The fourth-order valence-corrected chi connectivity index (χ4v) is 2.78. The van der Waals surface area contributed by atoms with E-state index in [0.29, 0.717) is 13.1 Å². The molecule has 1 saturated carbocycles. The molecule has 1 aromatic rings. The Labute approximate surface area is 114 Å². The van der Waals surface area contributed by atoms with Gasteiger partial charge >= 0.3 is 0 Å². The summed E-state index contributed by atoms with van der Waals surface area (Å²) in [5.41, 5.74) is 7.30. The minimum Gasteiger partial charge on any atom is -0.392 e. The molecule has 0 aliphatic heterocycles. The Balaban J connectivity index is 1.96. The van der Waals surface area contributed by atoms with Gasteiger partial charge in [-0.1, -0.05) is 37.1 Å². The second kappa shape index (κ2) is 6.17. The van der Waals surface area contributed by atoms with E-state index < -0.39 is 0 Å². The third-order valence-corrected chi connectivity index (χ3v) is 4.06. The number of hydrogen-bond donors (Lipinski definition) is 3. The second-order valence-electron chi connectivity index (χ2n) is 5.35. The third-order valence-electron chi connectivity index (χ3n) is 4.06. The lowest BCUT2D eigenvalue weighted by Gasteiger charge is -2.25. The number of benzene rings is 1. The average molecular weight is 262 g/mol. The van der Waals surface area contributed by atoms with E-state index in [-0.39, 0.29) is 17.9 Å². The SMILES string of the molecule is NCC1(C(=O)NCc2cccc(CO)c2)CCCC1. The summed E-state index contributed by atoms with van der Waals surface area (Å²) in [6, 6.07) is 7.61. The summed E-state index contributed by atoms with van der Waals surface area (Å²) in [5, 5.41) is 12.1. The van der Waals surface area contributed by atoms with Crippen LogP contribution < -0.4 is 11.1 Å². The Morgan fingerprint density at radius 3 is 2.63 bits per heavy atom. The van der Waals surface area contributed by atoms with Gasteiger partial charge in [0.2, 0.25) is 5.91 Å². The molecule has 0 bridgehead atoms. The van der Waals surface area contributed by atoms with Crippen LogP contribution in [0.25, 0.3) is 0 Å². The fraction of sp³-hybridized carbons (Fsp3) is 0.533. The van der Waals surface area contributed by atoms with Crippen LogP contribution in [0.1, 0.15) is 36.8 Å². The van der Waals surface area contributed by atoms with Crippen molar-refractivity contribution < 1.29 is 9.90 Å². The highest BCUT2D eigenvalue weighted by Crippen LogP contribution is 2.37. The summed E-state index contributed by atoms with van der Waals surface area (Å²) < 4.78 is 0. The van der Waals surface area contributed by atoms with Crippen LogP contribution in [0.4, 0.5) is 0 Å². The van der Waals surface area contributed by atoms with Gasteiger partial charge < -0.3 is 16.2 Å². The Morgan fingerprint density at radius 1 is 1.32 bits per heavy atom. The van der Waals surface area contributed by atoms with Gasteiger partial charge in [-0.05, 0) is 24.0 Å². The van der Waals surface area contributed by atoms with Crippen molar-refractivity contribution in [2.24, 2.45) is 11.1 Å². The minimum atomic E-state index is -0.353. The van der Waals surface area contributed by atoms with Crippen molar-refractivity contribution in [3.05, 3.63) is 35.4 Å². The lowest BCUT2D eigenvalue weighted by Crippen LogP contribution is -2.43. The van der Waals surface area contributed by atoms with E-state index in [0.717, 1.165) is 36.8 Å². The van der Waals surface area contributed by atoms with Crippen molar-refractivity contribution >= 4 is 5.91 Å². The Bertz CT molecular complexity index is 440. The van der Waals surface area contributed by atoms with E-state index in [1.54, 1.807) is 0 Å². The summed E-state index contributed by atoms with van der Waals surface area (Å²) in [6.45, 7) is 0.943. The third kappa shape index (κ3) is 3.14. The van der Waals surface area contributed by atoms with Gasteiger partial charge in [-0.25, -0.2) is 0 Å². The molecule has 0 atom stereocenters. The van der Waals surface area contributed by atoms with Crippen LogP contribution >= 0.6 is 0 Å². The lowest BCUT2D eigenvalue weighted by atomic mass is 9.85. The Kier molecular flexibility index (Phi) is 4.56. The van der Waals surface area contributed by atoms with Gasteiger partial charge in [0, 0.05) is 13.1 Å². The predicted octanol–water partition coefficient (Wildman–Crippen LogP) is 1.31. The zero-order chi connectivity index (χ0) is 13.7. The van der Waals surface area contributed by atoms with Gasteiger partial charge in [-0.3, -0.25) is 4.79 Å². The molecule has 1 aliphatic carbocycles. The highest BCUT2D eigenvalue weighted by molar-refractivity contribution is 5.83. The molecule has 4 N–H and O–H groups in total. The molecule has 0 spiro atoms. The van der Waals surface area contributed by atoms with Crippen LogP contribution in [0.3, 0.4) is 0 Å². The zero-order valence-electron chi connectivity index (χ0n) is 11.2. The molecule has 1 amide bonds. The summed E-state index contributed by atoms with van der Waals surface area (Å²) in [6.07, 6.45) is 3.97. The number of aliphatic hydroxyl groups excluding tert-OH is 1. The van der Waals surface area contributed by atoms with Crippen LogP contribution in [-0.4, -0.2) is 17.6 Å². The van der Waals surface area contributed by atoms with E-state index in [2.05, 4.69) is 5.32 Å². The molecular formula is C15H22N2O2. The first-order valence-corrected chi connectivity index (χ1v) is 6.87. The minimum absolute atomic E-state index is 0.0223. The number of nitrogens with two attached hydrogens (primary N) is 1. The van der Waals surface area contributed by atoms with Crippen LogP contribution in [0.2, 0.25) is 0 Å². The van der Waals surface area contributed by atoms with Gasteiger partial charge in [0.05, 0.1) is 12.0 Å². The van der Waals surface area contributed by atoms with Crippen LogP contribution in [0, 0.1) is 5.41 Å². The molecule has 0 saturated heterocycles. The smallest absolute Gasteiger partial charge is 0.227 e. The van der Waals surface area contributed by atoms with Crippen molar-refractivity contribution in [3.8, 4) is 0 Å². The monoisotopic (exact) mass is 262 g/mol.